The number of nitrogens with zero attached hydrogens (tertiary/aromatic N) is 1. The van der Waals surface area contributed by atoms with Gasteiger partial charge in [-0.25, -0.2) is 17.2 Å². The van der Waals surface area contributed by atoms with Gasteiger partial charge in [-0.1, -0.05) is 19.9 Å². The van der Waals surface area contributed by atoms with Crippen molar-refractivity contribution in [3.63, 3.8) is 0 Å². The van der Waals surface area contributed by atoms with Crippen molar-refractivity contribution < 1.29 is 26.7 Å². The summed E-state index contributed by atoms with van der Waals surface area (Å²) in [6.07, 6.45) is 0. The van der Waals surface area contributed by atoms with Gasteiger partial charge in [-0.05, 0) is 37.3 Å². The van der Waals surface area contributed by atoms with E-state index in [2.05, 4.69) is 5.32 Å². The Hall–Kier alpha value is -2.52. The summed E-state index contributed by atoms with van der Waals surface area (Å²) in [4.78, 5) is 12.2. The molecule has 152 valence electrons. The predicted octanol–water partition coefficient (Wildman–Crippen LogP) is 3.65. The molecule has 2 aromatic carbocycles. The van der Waals surface area contributed by atoms with E-state index >= 15 is 0 Å². The van der Waals surface area contributed by atoms with E-state index in [0.717, 1.165) is 12.1 Å². The van der Waals surface area contributed by atoms with E-state index in [0.29, 0.717) is 0 Å². The molecule has 0 radical (unpaired) electrons. The first-order valence-electron chi connectivity index (χ1n) is 8.78. The van der Waals surface area contributed by atoms with Crippen LogP contribution in [0.3, 0.4) is 0 Å². The molecule has 0 aliphatic rings. The molecule has 0 aliphatic carbocycles. The Bertz CT molecular complexity index is 960. The van der Waals surface area contributed by atoms with Gasteiger partial charge in [0.15, 0.2) is 11.6 Å². The highest BCUT2D eigenvalue weighted by atomic mass is 32.2. The Morgan fingerprint density at radius 1 is 1.11 bits per heavy atom. The molecule has 1 N–H and O–H groups in total. The van der Waals surface area contributed by atoms with Crippen molar-refractivity contribution >= 4 is 21.6 Å². The Morgan fingerprint density at radius 3 is 2.39 bits per heavy atom. The third-order valence-electron chi connectivity index (χ3n) is 4.02. The van der Waals surface area contributed by atoms with Gasteiger partial charge in [0.2, 0.25) is 10.0 Å². The minimum absolute atomic E-state index is 0.114. The molecule has 0 unspecified atom stereocenters. The van der Waals surface area contributed by atoms with Crippen LogP contribution >= 0.6 is 0 Å². The SMILES string of the molecule is CCOc1ccc(NC(=O)c2cccc(F)c2F)cc1S(=O)(=O)N(CC)CC. The van der Waals surface area contributed by atoms with Gasteiger partial charge < -0.3 is 10.1 Å². The standard InChI is InChI=1S/C19H22F2N2O4S/c1-4-23(5-2)28(25,26)17-12-13(10-11-16(17)27-6-3)22-19(24)14-8-7-9-15(20)18(14)21/h7-12H,4-6H2,1-3H3,(H,22,24). The number of ether oxygens (including phenoxy) is 1. The molecule has 6 nitrogen and oxygen atoms in total. The first-order chi connectivity index (χ1) is 13.3. The summed E-state index contributed by atoms with van der Waals surface area (Å²) in [6.45, 7) is 5.90. The quantitative estimate of drug-likeness (QED) is 0.718. The summed E-state index contributed by atoms with van der Waals surface area (Å²) in [5.74, 6) is -3.18. The highest BCUT2D eigenvalue weighted by Crippen LogP contribution is 2.30. The van der Waals surface area contributed by atoms with Gasteiger partial charge in [0, 0.05) is 18.8 Å². The van der Waals surface area contributed by atoms with Gasteiger partial charge in [-0.3, -0.25) is 4.79 Å². The van der Waals surface area contributed by atoms with Crippen LogP contribution in [-0.4, -0.2) is 38.3 Å². The average Bonchev–Trinajstić information content (AvgIpc) is 2.66. The third-order valence-corrected chi connectivity index (χ3v) is 6.09. The van der Waals surface area contributed by atoms with Crippen molar-refractivity contribution in [3.8, 4) is 5.75 Å². The van der Waals surface area contributed by atoms with Crippen LogP contribution in [0.2, 0.25) is 0 Å². The second kappa shape index (κ2) is 9.11. The van der Waals surface area contributed by atoms with Crippen molar-refractivity contribution in [2.24, 2.45) is 0 Å². The number of hydrogen-bond acceptors (Lipinski definition) is 4. The second-order valence-electron chi connectivity index (χ2n) is 5.74. The summed E-state index contributed by atoms with van der Waals surface area (Å²) in [6, 6.07) is 7.34. The van der Waals surface area contributed by atoms with Crippen LogP contribution in [0.25, 0.3) is 0 Å². The summed E-state index contributed by atoms with van der Waals surface area (Å²) in [7, 11) is -3.87. The largest absolute Gasteiger partial charge is 0.492 e. The number of amides is 1. The summed E-state index contributed by atoms with van der Waals surface area (Å²) in [5.41, 5.74) is -0.370. The Balaban J connectivity index is 2.44. The molecule has 0 heterocycles. The van der Waals surface area contributed by atoms with E-state index in [4.69, 9.17) is 4.74 Å². The highest BCUT2D eigenvalue weighted by Gasteiger charge is 2.26. The maximum absolute atomic E-state index is 13.8. The van der Waals surface area contributed by atoms with E-state index in [-0.39, 0.29) is 36.0 Å². The third kappa shape index (κ3) is 4.48. The van der Waals surface area contributed by atoms with E-state index < -0.39 is 33.1 Å². The molecule has 2 aromatic rings. The number of hydrogen-bond donors (Lipinski definition) is 1. The molecule has 2 rings (SSSR count). The van der Waals surface area contributed by atoms with Crippen molar-refractivity contribution in [1.29, 1.82) is 0 Å². The Kier molecular flexibility index (Phi) is 7.09. The van der Waals surface area contributed by atoms with Crippen LogP contribution in [0.4, 0.5) is 14.5 Å². The zero-order valence-electron chi connectivity index (χ0n) is 15.8. The number of carbonyl (C=O) groups excluding carboxylic acids is 1. The first-order valence-corrected chi connectivity index (χ1v) is 10.2. The first kappa shape index (κ1) is 21.8. The van der Waals surface area contributed by atoms with Crippen molar-refractivity contribution in [1.82, 2.24) is 4.31 Å². The molecule has 0 saturated carbocycles. The van der Waals surface area contributed by atoms with Gasteiger partial charge in [0.25, 0.3) is 5.91 Å². The van der Waals surface area contributed by atoms with Crippen LogP contribution in [0.15, 0.2) is 41.3 Å². The summed E-state index contributed by atoms with van der Waals surface area (Å²) >= 11 is 0. The highest BCUT2D eigenvalue weighted by molar-refractivity contribution is 7.89. The average molecular weight is 412 g/mol. The molecule has 0 aromatic heterocycles. The van der Waals surface area contributed by atoms with E-state index in [1.807, 2.05) is 0 Å². The molecular formula is C19H22F2N2O4S. The molecule has 1 amide bonds. The van der Waals surface area contributed by atoms with Crippen molar-refractivity contribution in [2.75, 3.05) is 25.0 Å². The lowest BCUT2D eigenvalue weighted by Crippen LogP contribution is -2.31. The topological polar surface area (TPSA) is 75.7 Å². The van der Waals surface area contributed by atoms with Gasteiger partial charge in [0.05, 0.1) is 12.2 Å². The summed E-state index contributed by atoms with van der Waals surface area (Å²) < 4.78 is 59.7. The van der Waals surface area contributed by atoms with E-state index in [1.165, 1.54) is 28.6 Å². The molecule has 0 saturated heterocycles. The molecule has 0 aliphatic heterocycles. The van der Waals surface area contributed by atoms with Crippen LogP contribution in [-0.2, 0) is 10.0 Å². The number of benzene rings is 2. The Morgan fingerprint density at radius 2 is 1.79 bits per heavy atom. The van der Waals surface area contributed by atoms with Gasteiger partial charge >= 0.3 is 0 Å². The smallest absolute Gasteiger partial charge is 0.258 e. The van der Waals surface area contributed by atoms with Gasteiger partial charge in [-0.15, -0.1) is 0 Å². The van der Waals surface area contributed by atoms with Crippen LogP contribution in [0.1, 0.15) is 31.1 Å². The van der Waals surface area contributed by atoms with Crippen LogP contribution < -0.4 is 10.1 Å². The zero-order chi connectivity index (χ0) is 20.9. The lowest BCUT2D eigenvalue weighted by Gasteiger charge is -2.21. The van der Waals surface area contributed by atoms with E-state index in [9.17, 15) is 22.0 Å². The molecule has 0 atom stereocenters. The number of sulfonamides is 1. The lowest BCUT2D eigenvalue weighted by molar-refractivity contribution is 0.102. The summed E-state index contributed by atoms with van der Waals surface area (Å²) in [5, 5.41) is 2.40. The zero-order valence-corrected chi connectivity index (χ0v) is 16.6. The monoisotopic (exact) mass is 412 g/mol. The molecule has 0 spiro atoms. The molecular weight excluding hydrogens is 390 g/mol. The number of halogens is 2. The molecule has 9 heteroatoms. The normalized spacial score (nSPS) is 11.5. The minimum Gasteiger partial charge on any atom is -0.492 e. The van der Waals surface area contributed by atoms with Gasteiger partial charge in [-0.2, -0.15) is 4.31 Å². The molecule has 28 heavy (non-hydrogen) atoms. The minimum atomic E-state index is -3.87. The Labute approximate surface area is 163 Å². The maximum atomic E-state index is 13.8. The number of anilines is 1. The molecule has 0 bridgehead atoms. The van der Waals surface area contributed by atoms with Crippen molar-refractivity contribution in [3.05, 3.63) is 53.6 Å². The predicted molar refractivity (Wildman–Crippen MR) is 102 cm³/mol. The fourth-order valence-electron chi connectivity index (χ4n) is 2.64. The molecule has 0 fully saturated rings. The van der Waals surface area contributed by atoms with Crippen LogP contribution in [0, 0.1) is 11.6 Å². The maximum Gasteiger partial charge on any atom is 0.258 e. The number of nitrogens with one attached hydrogen (secondary N) is 1. The fourth-order valence-corrected chi connectivity index (χ4v) is 4.26. The van der Waals surface area contributed by atoms with Crippen LogP contribution in [0.5, 0.6) is 5.75 Å². The van der Waals surface area contributed by atoms with Crippen molar-refractivity contribution in [2.45, 2.75) is 25.7 Å². The second-order valence-corrected chi connectivity index (χ2v) is 7.65. The number of carbonyl (C=O) groups is 1. The van der Waals surface area contributed by atoms with Gasteiger partial charge in [0.1, 0.15) is 10.6 Å². The fraction of sp³-hybridized carbons (Fsp3) is 0.316. The number of rotatable bonds is 8. The van der Waals surface area contributed by atoms with E-state index in [1.54, 1.807) is 20.8 Å². The lowest BCUT2D eigenvalue weighted by atomic mass is 10.2.